The summed E-state index contributed by atoms with van der Waals surface area (Å²) < 4.78 is 26.6. The molecule has 0 fully saturated rings. The van der Waals surface area contributed by atoms with Crippen molar-refractivity contribution in [3.05, 3.63) is 35.4 Å². The summed E-state index contributed by atoms with van der Waals surface area (Å²) in [4.78, 5) is 10.8. The van der Waals surface area contributed by atoms with Crippen molar-refractivity contribution in [2.24, 2.45) is 0 Å². The van der Waals surface area contributed by atoms with E-state index in [0.29, 0.717) is 12.8 Å². The summed E-state index contributed by atoms with van der Waals surface area (Å²) in [5.74, 6) is -2.64. The van der Waals surface area contributed by atoms with Gasteiger partial charge in [0.2, 0.25) is 0 Å². The van der Waals surface area contributed by atoms with Gasteiger partial charge in [0.1, 0.15) is 5.78 Å². The molecule has 0 atom stereocenters. The Kier molecular flexibility index (Phi) is 4.16. The van der Waals surface area contributed by atoms with Gasteiger partial charge in [-0.2, -0.15) is 0 Å². The molecule has 0 unspecified atom stereocenters. The van der Waals surface area contributed by atoms with Gasteiger partial charge in [-0.1, -0.05) is 31.2 Å². The van der Waals surface area contributed by atoms with E-state index in [1.165, 1.54) is 26.0 Å². The monoisotopic (exact) mass is 226 g/mol. The van der Waals surface area contributed by atoms with E-state index in [4.69, 9.17) is 0 Å². The molecule has 0 heterocycles. The first-order valence-electron chi connectivity index (χ1n) is 5.42. The highest BCUT2D eigenvalue weighted by Gasteiger charge is 2.28. The van der Waals surface area contributed by atoms with Gasteiger partial charge in [-0.05, 0) is 18.9 Å². The molecule has 0 amide bonds. The molecule has 88 valence electrons. The lowest BCUT2D eigenvalue weighted by atomic mass is 10.0. The summed E-state index contributed by atoms with van der Waals surface area (Å²) in [6.07, 6.45) is 0.886. The number of hydrogen-bond donors (Lipinski definition) is 0. The number of rotatable bonds is 5. The third kappa shape index (κ3) is 3.40. The Bertz CT molecular complexity index is 355. The predicted molar refractivity (Wildman–Crippen MR) is 59.6 cm³/mol. The minimum Gasteiger partial charge on any atom is -0.300 e. The van der Waals surface area contributed by atoms with E-state index < -0.39 is 5.92 Å². The van der Waals surface area contributed by atoms with Crippen molar-refractivity contribution in [1.29, 1.82) is 0 Å². The first-order valence-corrected chi connectivity index (χ1v) is 5.42. The number of halogens is 2. The summed E-state index contributed by atoms with van der Waals surface area (Å²) in [6, 6.07) is 6.22. The summed E-state index contributed by atoms with van der Waals surface area (Å²) >= 11 is 0. The fourth-order valence-corrected chi connectivity index (χ4v) is 1.44. The molecule has 0 N–H and O–H groups in total. The Hall–Kier alpha value is -1.25. The van der Waals surface area contributed by atoms with Crippen molar-refractivity contribution in [2.75, 3.05) is 0 Å². The normalized spacial score (nSPS) is 11.5. The summed E-state index contributed by atoms with van der Waals surface area (Å²) in [6.45, 7) is 2.99. The fraction of sp³-hybridized carbons (Fsp3) is 0.462. The topological polar surface area (TPSA) is 17.1 Å². The van der Waals surface area contributed by atoms with Crippen molar-refractivity contribution >= 4 is 5.78 Å². The first kappa shape index (κ1) is 12.8. The van der Waals surface area contributed by atoms with Gasteiger partial charge in [0, 0.05) is 18.4 Å². The maximum atomic E-state index is 13.3. The summed E-state index contributed by atoms with van der Waals surface area (Å²) in [7, 11) is 0. The predicted octanol–water partition coefficient (Wildman–Crippen LogP) is 3.71. The van der Waals surface area contributed by atoms with E-state index >= 15 is 0 Å². The van der Waals surface area contributed by atoms with Crippen LogP contribution in [-0.4, -0.2) is 5.78 Å². The SMILES string of the molecule is CCC(F)(F)c1ccc(CCC(C)=O)cc1. The van der Waals surface area contributed by atoms with Crippen LogP contribution in [0.1, 0.15) is 37.8 Å². The van der Waals surface area contributed by atoms with E-state index in [2.05, 4.69) is 0 Å². The van der Waals surface area contributed by atoms with Crippen LogP contribution in [-0.2, 0) is 17.1 Å². The van der Waals surface area contributed by atoms with Crippen LogP contribution in [0.2, 0.25) is 0 Å². The molecule has 0 aromatic heterocycles. The molecule has 0 spiro atoms. The molecule has 0 bridgehead atoms. The average Bonchev–Trinajstić information content (AvgIpc) is 2.27. The van der Waals surface area contributed by atoms with Gasteiger partial charge in [0.15, 0.2) is 0 Å². The second-order valence-electron chi connectivity index (χ2n) is 3.96. The second-order valence-corrected chi connectivity index (χ2v) is 3.96. The quantitative estimate of drug-likeness (QED) is 0.748. The van der Waals surface area contributed by atoms with Gasteiger partial charge < -0.3 is 4.79 Å². The molecule has 16 heavy (non-hydrogen) atoms. The molecule has 0 aliphatic carbocycles. The highest BCUT2D eigenvalue weighted by atomic mass is 19.3. The van der Waals surface area contributed by atoms with Gasteiger partial charge >= 0.3 is 0 Å². The molecule has 0 radical (unpaired) electrons. The van der Waals surface area contributed by atoms with Crippen LogP contribution in [0.5, 0.6) is 0 Å². The van der Waals surface area contributed by atoms with Gasteiger partial charge in [-0.3, -0.25) is 0 Å². The molecule has 0 aliphatic heterocycles. The molecule has 1 aromatic rings. The number of Topliss-reactive ketones (excluding diaryl/α,β-unsaturated/α-hetero) is 1. The van der Waals surface area contributed by atoms with Gasteiger partial charge in [-0.25, -0.2) is 8.78 Å². The van der Waals surface area contributed by atoms with E-state index in [-0.39, 0.29) is 17.8 Å². The van der Waals surface area contributed by atoms with Gasteiger partial charge in [-0.15, -0.1) is 0 Å². The van der Waals surface area contributed by atoms with Crippen molar-refractivity contribution in [3.8, 4) is 0 Å². The van der Waals surface area contributed by atoms with Crippen LogP contribution in [0, 0.1) is 0 Å². The van der Waals surface area contributed by atoms with Crippen LogP contribution < -0.4 is 0 Å². The number of ketones is 1. The third-order valence-corrected chi connectivity index (χ3v) is 2.59. The number of benzene rings is 1. The van der Waals surface area contributed by atoms with Crippen molar-refractivity contribution in [1.82, 2.24) is 0 Å². The highest BCUT2D eigenvalue weighted by molar-refractivity contribution is 5.75. The Morgan fingerprint density at radius 3 is 2.25 bits per heavy atom. The minimum absolute atomic E-state index is 0.0431. The molecule has 1 rings (SSSR count). The highest BCUT2D eigenvalue weighted by Crippen LogP contribution is 2.31. The lowest BCUT2D eigenvalue weighted by Gasteiger charge is -2.14. The van der Waals surface area contributed by atoms with Gasteiger partial charge in [0.05, 0.1) is 0 Å². The van der Waals surface area contributed by atoms with Crippen LogP contribution in [0.3, 0.4) is 0 Å². The zero-order valence-corrected chi connectivity index (χ0v) is 9.59. The lowest BCUT2D eigenvalue weighted by Crippen LogP contribution is -2.11. The van der Waals surface area contributed by atoms with Crippen LogP contribution in [0.4, 0.5) is 8.78 Å². The Morgan fingerprint density at radius 1 is 1.25 bits per heavy atom. The standard InChI is InChI=1S/C13H16F2O/c1-3-13(14,15)12-8-6-11(7-9-12)5-4-10(2)16/h6-9H,3-5H2,1-2H3. The zero-order valence-electron chi connectivity index (χ0n) is 9.59. The summed E-state index contributed by atoms with van der Waals surface area (Å²) in [5.41, 5.74) is 0.965. The molecule has 3 heteroatoms. The number of alkyl halides is 2. The maximum absolute atomic E-state index is 13.3. The number of carbonyl (C=O) groups excluding carboxylic acids is 1. The molecular weight excluding hydrogens is 210 g/mol. The Balaban J connectivity index is 2.71. The van der Waals surface area contributed by atoms with Gasteiger partial charge in [0.25, 0.3) is 5.92 Å². The second kappa shape index (κ2) is 5.19. The van der Waals surface area contributed by atoms with E-state index in [9.17, 15) is 13.6 Å². The molecule has 0 saturated carbocycles. The number of hydrogen-bond acceptors (Lipinski definition) is 1. The number of carbonyl (C=O) groups is 1. The van der Waals surface area contributed by atoms with Crippen molar-refractivity contribution in [3.63, 3.8) is 0 Å². The fourth-order valence-electron chi connectivity index (χ4n) is 1.44. The molecular formula is C13H16F2O. The van der Waals surface area contributed by atoms with Crippen LogP contribution >= 0.6 is 0 Å². The zero-order chi connectivity index (χ0) is 12.2. The van der Waals surface area contributed by atoms with E-state index in [1.807, 2.05) is 0 Å². The third-order valence-electron chi connectivity index (χ3n) is 2.59. The largest absolute Gasteiger partial charge is 0.300 e. The molecule has 0 saturated heterocycles. The summed E-state index contributed by atoms with van der Waals surface area (Å²) in [5, 5.41) is 0. The molecule has 1 aromatic carbocycles. The molecule has 0 aliphatic rings. The van der Waals surface area contributed by atoms with Crippen LogP contribution in [0.15, 0.2) is 24.3 Å². The maximum Gasteiger partial charge on any atom is 0.273 e. The molecule has 1 nitrogen and oxygen atoms in total. The Morgan fingerprint density at radius 2 is 1.81 bits per heavy atom. The van der Waals surface area contributed by atoms with E-state index in [1.54, 1.807) is 12.1 Å². The van der Waals surface area contributed by atoms with E-state index in [0.717, 1.165) is 5.56 Å². The average molecular weight is 226 g/mol. The lowest BCUT2D eigenvalue weighted by molar-refractivity contribution is -0.116. The smallest absolute Gasteiger partial charge is 0.273 e. The number of aryl methyl sites for hydroxylation is 1. The minimum atomic E-state index is -2.75. The van der Waals surface area contributed by atoms with Crippen molar-refractivity contribution < 1.29 is 13.6 Å². The first-order chi connectivity index (χ1) is 7.45. The van der Waals surface area contributed by atoms with Crippen molar-refractivity contribution in [2.45, 2.75) is 39.0 Å². The Labute approximate surface area is 94.5 Å². The van der Waals surface area contributed by atoms with Crippen LogP contribution in [0.25, 0.3) is 0 Å².